The van der Waals surface area contributed by atoms with Crippen LogP contribution in [0.5, 0.6) is 0 Å². The molecule has 3 aromatic rings. The maximum Gasteiger partial charge on any atom is 0.261 e. The van der Waals surface area contributed by atoms with Crippen LogP contribution in [-0.4, -0.2) is 38.8 Å². The molecule has 7 nitrogen and oxygen atoms in total. The molecule has 1 atom stereocenters. The summed E-state index contributed by atoms with van der Waals surface area (Å²) in [5, 5.41) is 3.89. The minimum absolute atomic E-state index is 0.0686. The Morgan fingerprint density at radius 2 is 2.07 bits per heavy atom. The van der Waals surface area contributed by atoms with Gasteiger partial charge >= 0.3 is 0 Å². The van der Waals surface area contributed by atoms with E-state index in [1.54, 1.807) is 29.2 Å². The van der Waals surface area contributed by atoms with Gasteiger partial charge in [-0.3, -0.25) is 14.4 Å². The average Bonchev–Trinajstić information content (AvgIpc) is 3.35. The SMILES string of the molecule is Cc1cc(C(=O)N2CC[C@H](c3nc(-c4ccsc4)cc(=O)[nH]3)C2)c(=O)[nH]c1C. The number of pyridine rings is 1. The lowest BCUT2D eigenvalue weighted by Crippen LogP contribution is -2.33. The van der Waals surface area contributed by atoms with Gasteiger partial charge in [0, 0.05) is 41.7 Å². The van der Waals surface area contributed by atoms with Crippen molar-refractivity contribution in [2.75, 3.05) is 13.1 Å². The number of rotatable bonds is 3. The molecule has 1 aliphatic rings. The Balaban J connectivity index is 1.58. The molecule has 4 rings (SSSR count). The van der Waals surface area contributed by atoms with Gasteiger partial charge in [0.05, 0.1) is 5.69 Å². The molecule has 8 heteroatoms. The quantitative estimate of drug-likeness (QED) is 0.710. The molecule has 0 saturated carbocycles. The Morgan fingerprint density at radius 3 is 2.82 bits per heavy atom. The zero-order valence-corrected chi connectivity index (χ0v) is 16.4. The van der Waals surface area contributed by atoms with Gasteiger partial charge < -0.3 is 14.9 Å². The van der Waals surface area contributed by atoms with E-state index < -0.39 is 0 Å². The van der Waals surface area contributed by atoms with Gasteiger partial charge in [0.25, 0.3) is 17.0 Å². The van der Waals surface area contributed by atoms with Crippen LogP contribution in [0.4, 0.5) is 0 Å². The third kappa shape index (κ3) is 3.43. The van der Waals surface area contributed by atoms with Crippen LogP contribution in [0, 0.1) is 13.8 Å². The molecule has 1 saturated heterocycles. The monoisotopic (exact) mass is 396 g/mol. The first-order valence-corrected chi connectivity index (χ1v) is 10.0. The van der Waals surface area contributed by atoms with Crippen LogP contribution in [0.2, 0.25) is 0 Å². The molecule has 1 amide bonds. The second kappa shape index (κ2) is 7.20. The molecule has 0 spiro atoms. The summed E-state index contributed by atoms with van der Waals surface area (Å²) in [5.74, 6) is 0.224. The van der Waals surface area contributed by atoms with Crippen LogP contribution in [-0.2, 0) is 0 Å². The molecule has 2 N–H and O–H groups in total. The van der Waals surface area contributed by atoms with E-state index in [1.165, 1.54) is 6.07 Å². The van der Waals surface area contributed by atoms with Gasteiger partial charge in [-0.05, 0) is 43.3 Å². The Bertz CT molecular complexity index is 1150. The molecule has 144 valence electrons. The summed E-state index contributed by atoms with van der Waals surface area (Å²) in [6.07, 6.45) is 0.685. The molecule has 0 bridgehead atoms. The Labute approximate surface area is 165 Å². The van der Waals surface area contributed by atoms with Crippen LogP contribution >= 0.6 is 11.3 Å². The number of nitrogens with one attached hydrogen (secondary N) is 2. The van der Waals surface area contributed by atoms with E-state index in [-0.39, 0.29) is 28.5 Å². The van der Waals surface area contributed by atoms with Gasteiger partial charge in [-0.15, -0.1) is 0 Å². The Kier molecular flexibility index (Phi) is 4.72. The number of hydrogen-bond acceptors (Lipinski definition) is 5. The normalized spacial score (nSPS) is 16.5. The second-order valence-electron chi connectivity index (χ2n) is 7.08. The number of amides is 1. The Hall–Kier alpha value is -3.00. The smallest absolute Gasteiger partial charge is 0.261 e. The number of H-pyrrole nitrogens is 2. The van der Waals surface area contributed by atoms with Gasteiger partial charge in [0.15, 0.2) is 0 Å². The first-order valence-electron chi connectivity index (χ1n) is 9.06. The maximum atomic E-state index is 12.8. The highest BCUT2D eigenvalue weighted by atomic mass is 32.1. The van der Waals surface area contributed by atoms with Gasteiger partial charge in [-0.1, -0.05) is 0 Å². The summed E-state index contributed by atoms with van der Waals surface area (Å²) < 4.78 is 0. The molecule has 3 aromatic heterocycles. The molecule has 1 fully saturated rings. The molecule has 0 aromatic carbocycles. The van der Waals surface area contributed by atoms with Gasteiger partial charge in [0.2, 0.25) is 0 Å². The fraction of sp³-hybridized carbons (Fsp3) is 0.300. The fourth-order valence-corrected chi connectivity index (χ4v) is 4.10. The number of thiophene rings is 1. The van der Waals surface area contributed by atoms with Gasteiger partial charge in [-0.2, -0.15) is 11.3 Å². The number of aryl methyl sites for hydroxylation is 2. The molecule has 0 aliphatic carbocycles. The topological polar surface area (TPSA) is 98.9 Å². The highest BCUT2D eigenvalue weighted by Gasteiger charge is 2.31. The Morgan fingerprint density at radius 1 is 1.25 bits per heavy atom. The lowest BCUT2D eigenvalue weighted by atomic mass is 10.1. The minimum atomic E-state index is -0.373. The average molecular weight is 396 g/mol. The molecular formula is C20H20N4O3S. The molecule has 1 aliphatic heterocycles. The van der Waals surface area contributed by atoms with Crippen molar-refractivity contribution in [3.05, 3.63) is 72.3 Å². The first-order chi connectivity index (χ1) is 13.4. The number of nitrogens with zero attached hydrogens (tertiary/aromatic N) is 2. The first kappa shape index (κ1) is 18.4. The summed E-state index contributed by atoms with van der Waals surface area (Å²) >= 11 is 1.55. The van der Waals surface area contributed by atoms with Gasteiger partial charge in [0.1, 0.15) is 11.4 Å². The van der Waals surface area contributed by atoms with Crippen LogP contribution in [0.25, 0.3) is 11.3 Å². The summed E-state index contributed by atoms with van der Waals surface area (Å²) in [6, 6.07) is 5.05. The summed E-state index contributed by atoms with van der Waals surface area (Å²) in [7, 11) is 0. The van der Waals surface area contributed by atoms with Crippen molar-refractivity contribution in [3.63, 3.8) is 0 Å². The predicted octanol–water partition coefficient (Wildman–Crippen LogP) is 2.43. The van der Waals surface area contributed by atoms with Crippen LogP contribution in [0.3, 0.4) is 0 Å². The summed E-state index contributed by atoms with van der Waals surface area (Å²) in [5.41, 5.74) is 2.74. The van der Waals surface area contributed by atoms with Crippen molar-refractivity contribution in [2.45, 2.75) is 26.2 Å². The lowest BCUT2D eigenvalue weighted by Gasteiger charge is -2.16. The molecule has 0 radical (unpaired) electrons. The van der Waals surface area contributed by atoms with E-state index >= 15 is 0 Å². The van der Waals surface area contributed by atoms with Crippen molar-refractivity contribution < 1.29 is 4.79 Å². The number of aromatic amines is 2. The van der Waals surface area contributed by atoms with Crippen molar-refractivity contribution >= 4 is 17.2 Å². The number of carbonyl (C=O) groups is 1. The molecular weight excluding hydrogens is 376 g/mol. The van der Waals surface area contributed by atoms with Crippen molar-refractivity contribution in [1.82, 2.24) is 19.9 Å². The van der Waals surface area contributed by atoms with Crippen LogP contribution < -0.4 is 11.1 Å². The number of hydrogen-bond donors (Lipinski definition) is 2. The van der Waals surface area contributed by atoms with E-state index in [9.17, 15) is 14.4 Å². The number of aromatic nitrogens is 3. The third-order valence-electron chi connectivity index (χ3n) is 5.17. The maximum absolute atomic E-state index is 12.8. The zero-order valence-electron chi connectivity index (χ0n) is 15.6. The van der Waals surface area contributed by atoms with Gasteiger partial charge in [-0.25, -0.2) is 4.98 Å². The zero-order chi connectivity index (χ0) is 19.8. The lowest BCUT2D eigenvalue weighted by molar-refractivity contribution is 0.0788. The summed E-state index contributed by atoms with van der Waals surface area (Å²) in [6.45, 7) is 4.60. The van der Waals surface area contributed by atoms with Crippen LogP contribution in [0.1, 0.15) is 39.8 Å². The fourth-order valence-electron chi connectivity index (χ4n) is 3.45. The second-order valence-corrected chi connectivity index (χ2v) is 7.86. The van der Waals surface area contributed by atoms with E-state index in [0.29, 0.717) is 31.0 Å². The molecule has 0 unspecified atom stereocenters. The van der Waals surface area contributed by atoms with E-state index in [1.807, 2.05) is 23.8 Å². The van der Waals surface area contributed by atoms with E-state index in [2.05, 4.69) is 15.0 Å². The van der Waals surface area contributed by atoms with E-state index in [0.717, 1.165) is 16.8 Å². The minimum Gasteiger partial charge on any atom is -0.338 e. The highest BCUT2D eigenvalue weighted by molar-refractivity contribution is 7.08. The number of carbonyl (C=O) groups excluding carboxylic acids is 1. The van der Waals surface area contributed by atoms with Crippen molar-refractivity contribution in [1.29, 1.82) is 0 Å². The highest BCUT2D eigenvalue weighted by Crippen LogP contribution is 2.27. The van der Waals surface area contributed by atoms with E-state index in [4.69, 9.17) is 0 Å². The van der Waals surface area contributed by atoms with Crippen molar-refractivity contribution in [2.24, 2.45) is 0 Å². The third-order valence-corrected chi connectivity index (χ3v) is 5.85. The standard InChI is InChI=1S/C20H20N4O3S/c1-11-7-15(19(26)21-12(11)2)20(27)24-5-3-13(9-24)18-22-16(8-17(25)23-18)14-4-6-28-10-14/h4,6-8,10,13H,3,5,9H2,1-2H3,(H,21,26)(H,22,23,25)/t13-/m0/s1. The summed E-state index contributed by atoms with van der Waals surface area (Å²) in [4.78, 5) is 48.9. The van der Waals surface area contributed by atoms with Crippen LogP contribution in [0.15, 0.2) is 38.5 Å². The predicted molar refractivity (Wildman–Crippen MR) is 108 cm³/mol. The largest absolute Gasteiger partial charge is 0.338 e. The molecule has 28 heavy (non-hydrogen) atoms. The molecule has 4 heterocycles. The van der Waals surface area contributed by atoms with Crippen molar-refractivity contribution in [3.8, 4) is 11.3 Å². The number of likely N-dealkylation sites (tertiary alicyclic amines) is 1.